The third-order valence-electron chi connectivity index (χ3n) is 3.98. The lowest BCUT2D eigenvalue weighted by atomic mass is 10.0. The van der Waals surface area contributed by atoms with Crippen LogP contribution in [-0.2, 0) is 6.42 Å². The minimum Gasteiger partial charge on any atom is -0.354 e. The van der Waals surface area contributed by atoms with Crippen LogP contribution in [0.4, 0.5) is 0 Å². The van der Waals surface area contributed by atoms with Crippen LogP contribution in [0, 0.1) is 6.92 Å². The van der Waals surface area contributed by atoms with E-state index in [2.05, 4.69) is 17.2 Å². The normalized spacial score (nSPS) is 15.1. The molecule has 1 aromatic heterocycles. The van der Waals surface area contributed by atoms with Crippen molar-refractivity contribution in [1.82, 2.24) is 15.2 Å². The van der Waals surface area contributed by atoms with Gasteiger partial charge in [0.1, 0.15) is 5.69 Å². The fourth-order valence-electron chi connectivity index (χ4n) is 3.04. The number of nitrogens with one attached hydrogen (secondary N) is 2. The second kappa shape index (κ2) is 8.34. The molecule has 1 aliphatic rings. The average molecular weight is 328 g/mol. The fourth-order valence-corrected chi connectivity index (χ4v) is 3.04. The van der Waals surface area contributed by atoms with Gasteiger partial charge in [0.25, 0.3) is 5.91 Å². The number of Topliss-reactive ketones (excluding diaryl/α,β-unsaturated/α-hetero) is 1. The number of amides is 1. The van der Waals surface area contributed by atoms with Gasteiger partial charge < -0.3 is 15.2 Å². The van der Waals surface area contributed by atoms with E-state index in [1.54, 1.807) is 6.92 Å². The number of ketones is 1. The summed E-state index contributed by atoms with van der Waals surface area (Å²) < 4.78 is 0. The monoisotopic (exact) mass is 327 g/mol. The van der Waals surface area contributed by atoms with Gasteiger partial charge in [-0.3, -0.25) is 9.59 Å². The highest BCUT2D eigenvalue weighted by Gasteiger charge is 2.25. The van der Waals surface area contributed by atoms with E-state index in [0.29, 0.717) is 11.3 Å². The van der Waals surface area contributed by atoms with Crippen molar-refractivity contribution < 1.29 is 9.59 Å². The highest BCUT2D eigenvalue weighted by molar-refractivity contribution is 6.02. The maximum absolute atomic E-state index is 12.8. The zero-order valence-corrected chi connectivity index (χ0v) is 14.4. The van der Waals surface area contributed by atoms with Crippen LogP contribution in [0.25, 0.3) is 0 Å². The van der Waals surface area contributed by atoms with Gasteiger partial charge in [-0.05, 0) is 38.8 Å². The molecule has 2 rings (SSSR count). The lowest BCUT2D eigenvalue weighted by Gasteiger charge is -2.20. The Kier molecular flexibility index (Phi) is 7.10. The van der Waals surface area contributed by atoms with Crippen LogP contribution in [-0.4, -0.2) is 47.8 Å². The Labute approximate surface area is 138 Å². The molecule has 1 saturated heterocycles. The van der Waals surface area contributed by atoms with E-state index >= 15 is 0 Å². The molecule has 0 radical (unpaired) electrons. The molecule has 0 unspecified atom stereocenters. The van der Waals surface area contributed by atoms with Gasteiger partial charge in [-0.25, -0.2) is 0 Å². The highest BCUT2D eigenvalue weighted by atomic mass is 35.5. The summed E-state index contributed by atoms with van der Waals surface area (Å²) in [7, 11) is 0. The smallest absolute Gasteiger partial charge is 0.270 e. The van der Waals surface area contributed by atoms with Crippen molar-refractivity contribution >= 4 is 24.1 Å². The van der Waals surface area contributed by atoms with Crippen LogP contribution in [0.3, 0.4) is 0 Å². The number of halogens is 1. The van der Waals surface area contributed by atoms with Gasteiger partial charge in [-0.2, -0.15) is 0 Å². The molecule has 1 aliphatic heterocycles. The molecule has 22 heavy (non-hydrogen) atoms. The molecule has 1 aromatic rings. The van der Waals surface area contributed by atoms with Crippen molar-refractivity contribution in [3.8, 4) is 0 Å². The SMILES string of the molecule is CCCc1c(C(=O)N2CCCNCC2)[nH]c(C)c1C(C)=O.Cl. The number of hydrogen-bond donors (Lipinski definition) is 2. The number of aryl methyl sites for hydroxylation is 1. The summed E-state index contributed by atoms with van der Waals surface area (Å²) in [6, 6.07) is 0. The molecule has 6 heteroatoms. The first-order valence-corrected chi connectivity index (χ1v) is 7.78. The Bertz CT molecular complexity index is 532. The first-order chi connectivity index (χ1) is 10.1. The minimum atomic E-state index is 0. The number of carbonyl (C=O) groups excluding carboxylic acids is 2. The minimum absolute atomic E-state index is 0. The van der Waals surface area contributed by atoms with Crippen molar-refractivity contribution in [2.24, 2.45) is 0 Å². The molecule has 0 atom stereocenters. The van der Waals surface area contributed by atoms with Crippen LogP contribution in [0.5, 0.6) is 0 Å². The molecule has 0 spiro atoms. The summed E-state index contributed by atoms with van der Waals surface area (Å²) in [6.07, 6.45) is 2.64. The number of rotatable bonds is 4. The Morgan fingerprint density at radius 3 is 2.59 bits per heavy atom. The number of hydrogen-bond acceptors (Lipinski definition) is 3. The molecule has 1 amide bonds. The van der Waals surface area contributed by atoms with Crippen molar-refractivity contribution in [3.63, 3.8) is 0 Å². The quantitative estimate of drug-likeness (QED) is 0.834. The van der Waals surface area contributed by atoms with Gasteiger partial charge in [0.2, 0.25) is 0 Å². The van der Waals surface area contributed by atoms with Gasteiger partial charge in [0.15, 0.2) is 5.78 Å². The van der Waals surface area contributed by atoms with Crippen LogP contribution >= 0.6 is 12.4 Å². The number of nitrogens with zero attached hydrogens (tertiary/aromatic N) is 1. The third-order valence-corrected chi connectivity index (χ3v) is 3.98. The summed E-state index contributed by atoms with van der Waals surface area (Å²) in [5.41, 5.74) is 3.02. The maximum Gasteiger partial charge on any atom is 0.270 e. The van der Waals surface area contributed by atoms with Crippen molar-refractivity contribution in [2.45, 2.75) is 40.0 Å². The summed E-state index contributed by atoms with van der Waals surface area (Å²) in [5.74, 6) is 0.0570. The van der Waals surface area contributed by atoms with Gasteiger partial charge in [0, 0.05) is 30.9 Å². The maximum atomic E-state index is 12.8. The topological polar surface area (TPSA) is 65.2 Å². The standard InChI is InChI=1S/C16H25N3O2.ClH/c1-4-6-13-14(12(3)20)11(2)18-15(13)16(21)19-9-5-7-17-8-10-19;/h17-18H,4-10H2,1-3H3;1H. The van der Waals surface area contributed by atoms with E-state index in [0.717, 1.165) is 56.7 Å². The van der Waals surface area contributed by atoms with E-state index in [1.807, 2.05) is 11.8 Å². The lowest BCUT2D eigenvalue weighted by Crippen LogP contribution is -2.35. The number of carbonyl (C=O) groups is 2. The molecule has 0 bridgehead atoms. The van der Waals surface area contributed by atoms with Crippen molar-refractivity contribution in [2.75, 3.05) is 26.2 Å². The molecule has 0 saturated carbocycles. The second-order valence-electron chi connectivity index (χ2n) is 5.68. The van der Waals surface area contributed by atoms with Gasteiger partial charge in [-0.15, -0.1) is 12.4 Å². The van der Waals surface area contributed by atoms with Crippen molar-refractivity contribution in [1.29, 1.82) is 0 Å². The number of aromatic nitrogens is 1. The molecule has 0 aliphatic carbocycles. The van der Waals surface area contributed by atoms with E-state index < -0.39 is 0 Å². The number of aromatic amines is 1. The van der Waals surface area contributed by atoms with Gasteiger partial charge >= 0.3 is 0 Å². The predicted octanol–water partition coefficient (Wildman–Crippen LogP) is 2.34. The summed E-state index contributed by atoms with van der Waals surface area (Å²) in [5, 5.41) is 3.30. The van der Waals surface area contributed by atoms with Crippen LogP contribution in [0.2, 0.25) is 0 Å². The molecular weight excluding hydrogens is 302 g/mol. The van der Waals surface area contributed by atoms with Crippen LogP contribution in [0.1, 0.15) is 58.8 Å². The molecule has 2 heterocycles. The summed E-state index contributed by atoms with van der Waals surface area (Å²) >= 11 is 0. The second-order valence-corrected chi connectivity index (χ2v) is 5.68. The molecule has 1 fully saturated rings. The van der Waals surface area contributed by atoms with Gasteiger partial charge in [0.05, 0.1) is 0 Å². The zero-order valence-electron chi connectivity index (χ0n) is 13.6. The Balaban J connectivity index is 0.00000242. The van der Waals surface area contributed by atoms with E-state index in [1.165, 1.54) is 0 Å². The molecule has 2 N–H and O–H groups in total. The fraction of sp³-hybridized carbons (Fsp3) is 0.625. The van der Waals surface area contributed by atoms with Gasteiger partial charge in [-0.1, -0.05) is 13.3 Å². The molecular formula is C16H26ClN3O2. The molecule has 5 nitrogen and oxygen atoms in total. The number of H-pyrrole nitrogens is 1. The van der Waals surface area contributed by atoms with E-state index in [-0.39, 0.29) is 24.1 Å². The van der Waals surface area contributed by atoms with Crippen LogP contribution < -0.4 is 5.32 Å². The summed E-state index contributed by atoms with van der Waals surface area (Å²) in [6.45, 7) is 8.78. The van der Waals surface area contributed by atoms with Crippen molar-refractivity contribution in [3.05, 3.63) is 22.5 Å². The average Bonchev–Trinajstić information content (AvgIpc) is 2.64. The Morgan fingerprint density at radius 2 is 1.95 bits per heavy atom. The Hall–Kier alpha value is -1.33. The third kappa shape index (κ3) is 3.90. The first-order valence-electron chi connectivity index (χ1n) is 7.78. The van der Waals surface area contributed by atoms with E-state index in [9.17, 15) is 9.59 Å². The largest absolute Gasteiger partial charge is 0.354 e. The zero-order chi connectivity index (χ0) is 15.4. The first kappa shape index (κ1) is 18.7. The predicted molar refractivity (Wildman–Crippen MR) is 90.2 cm³/mol. The summed E-state index contributed by atoms with van der Waals surface area (Å²) in [4.78, 5) is 29.7. The molecule has 0 aromatic carbocycles. The lowest BCUT2D eigenvalue weighted by molar-refractivity contribution is 0.0760. The van der Waals surface area contributed by atoms with Crippen LogP contribution in [0.15, 0.2) is 0 Å². The highest BCUT2D eigenvalue weighted by Crippen LogP contribution is 2.23. The van der Waals surface area contributed by atoms with E-state index in [4.69, 9.17) is 0 Å². The Morgan fingerprint density at radius 1 is 1.23 bits per heavy atom. The molecule has 124 valence electrons.